The van der Waals surface area contributed by atoms with Crippen molar-refractivity contribution in [3.63, 3.8) is 0 Å². The Labute approximate surface area is 124 Å². The maximum Gasteiger partial charge on any atom is 0.260 e. The lowest BCUT2D eigenvalue weighted by Crippen LogP contribution is -2.22. The van der Waals surface area contributed by atoms with Crippen molar-refractivity contribution in [2.24, 2.45) is 0 Å². The summed E-state index contributed by atoms with van der Waals surface area (Å²) in [5, 5.41) is 4.66. The van der Waals surface area contributed by atoms with Crippen LogP contribution in [0, 0.1) is 0 Å². The largest absolute Gasteiger partial charge is 0.397 e. The second kappa shape index (κ2) is 5.57. The fraction of sp³-hybridized carbons (Fsp3) is 0.333. The van der Waals surface area contributed by atoms with Gasteiger partial charge in [-0.25, -0.2) is 0 Å². The molecule has 0 bridgehead atoms. The standard InChI is InChI=1S/C12H11Cl2N3O3/c13-6-3-7(10(15)8(14)4-6)12-16-11(17-20-12)9-5-18-1-2-19-9/h3-4,9H,1-2,5,15H2. The molecular weight excluding hydrogens is 305 g/mol. The molecule has 2 heterocycles. The van der Waals surface area contributed by atoms with Crippen LogP contribution in [0.25, 0.3) is 11.5 Å². The number of hydrogen-bond donors (Lipinski definition) is 1. The summed E-state index contributed by atoms with van der Waals surface area (Å²) in [4.78, 5) is 4.27. The van der Waals surface area contributed by atoms with Gasteiger partial charge in [-0.1, -0.05) is 28.4 Å². The molecule has 2 N–H and O–H groups in total. The van der Waals surface area contributed by atoms with Crippen LogP contribution in [0.15, 0.2) is 16.7 Å². The number of aromatic nitrogens is 2. The average Bonchev–Trinajstić information content (AvgIpc) is 2.93. The van der Waals surface area contributed by atoms with E-state index in [4.69, 9.17) is 42.9 Å². The summed E-state index contributed by atoms with van der Waals surface area (Å²) in [7, 11) is 0. The minimum Gasteiger partial charge on any atom is -0.397 e. The Bertz CT molecular complexity index is 626. The zero-order valence-corrected chi connectivity index (χ0v) is 11.8. The zero-order chi connectivity index (χ0) is 14.1. The molecule has 1 aromatic carbocycles. The summed E-state index contributed by atoms with van der Waals surface area (Å²) in [6.07, 6.45) is -0.336. The van der Waals surface area contributed by atoms with E-state index in [0.717, 1.165) is 0 Å². The normalized spacial score (nSPS) is 19.2. The summed E-state index contributed by atoms with van der Waals surface area (Å²) in [5.41, 5.74) is 6.73. The second-order valence-electron chi connectivity index (χ2n) is 4.24. The molecule has 20 heavy (non-hydrogen) atoms. The molecule has 1 aliphatic heterocycles. The third-order valence-corrected chi connectivity index (χ3v) is 3.40. The smallest absolute Gasteiger partial charge is 0.260 e. The van der Waals surface area contributed by atoms with Gasteiger partial charge in [0.05, 0.1) is 36.1 Å². The van der Waals surface area contributed by atoms with E-state index in [9.17, 15) is 0 Å². The highest BCUT2D eigenvalue weighted by Gasteiger charge is 2.23. The monoisotopic (exact) mass is 315 g/mol. The molecule has 0 radical (unpaired) electrons. The third kappa shape index (κ3) is 2.60. The number of rotatable bonds is 2. The molecule has 6 nitrogen and oxygen atoms in total. The fourth-order valence-electron chi connectivity index (χ4n) is 1.87. The van der Waals surface area contributed by atoms with Gasteiger partial charge in [0.1, 0.15) is 6.10 Å². The molecular formula is C12H11Cl2N3O3. The van der Waals surface area contributed by atoms with Gasteiger partial charge in [0.25, 0.3) is 5.89 Å². The van der Waals surface area contributed by atoms with E-state index in [1.54, 1.807) is 12.1 Å². The first kappa shape index (κ1) is 13.6. The lowest BCUT2D eigenvalue weighted by molar-refractivity contribution is -0.0941. The molecule has 0 spiro atoms. The maximum atomic E-state index is 5.98. The van der Waals surface area contributed by atoms with Gasteiger partial charge in [0.2, 0.25) is 5.82 Å². The predicted molar refractivity (Wildman–Crippen MR) is 73.7 cm³/mol. The van der Waals surface area contributed by atoms with Crippen molar-refractivity contribution in [3.8, 4) is 11.5 Å². The van der Waals surface area contributed by atoms with Crippen molar-refractivity contribution in [1.29, 1.82) is 0 Å². The fourth-order valence-corrected chi connectivity index (χ4v) is 2.37. The van der Waals surface area contributed by atoms with E-state index in [1.807, 2.05) is 0 Å². The van der Waals surface area contributed by atoms with Crippen LogP contribution in [0.2, 0.25) is 10.0 Å². The maximum absolute atomic E-state index is 5.98. The van der Waals surface area contributed by atoms with Crippen molar-refractivity contribution in [2.45, 2.75) is 6.10 Å². The summed E-state index contributed by atoms with van der Waals surface area (Å²) in [6, 6.07) is 3.18. The van der Waals surface area contributed by atoms with E-state index in [2.05, 4.69) is 10.1 Å². The van der Waals surface area contributed by atoms with E-state index < -0.39 is 0 Å². The third-order valence-electron chi connectivity index (χ3n) is 2.87. The molecule has 106 valence electrons. The van der Waals surface area contributed by atoms with Gasteiger partial charge in [-0.15, -0.1) is 0 Å². The Hall–Kier alpha value is -1.34. The number of ether oxygens (including phenoxy) is 2. The van der Waals surface area contributed by atoms with Gasteiger partial charge >= 0.3 is 0 Å². The minimum absolute atomic E-state index is 0.246. The molecule has 3 rings (SSSR count). The number of benzene rings is 1. The molecule has 2 aromatic rings. The molecule has 0 amide bonds. The summed E-state index contributed by atoms with van der Waals surface area (Å²) in [6.45, 7) is 1.46. The topological polar surface area (TPSA) is 83.4 Å². The molecule has 1 fully saturated rings. The minimum atomic E-state index is -0.336. The van der Waals surface area contributed by atoms with E-state index in [1.165, 1.54) is 0 Å². The SMILES string of the molecule is Nc1c(Cl)cc(Cl)cc1-c1nc(C2COCCO2)no1. The molecule has 0 aliphatic carbocycles. The van der Waals surface area contributed by atoms with Crippen LogP contribution in [0.3, 0.4) is 0 Å². The number of hydrogen-bond acceptors (Lipinski definition) is 6. The summed E-state index contributed by atoms with van der Waals surface area (Å²) < 4.78 is 16.0. The van der Waals surface area contributed by atoms with Crippen LogP contribution < -0.4 is 5.73 Å². The van der Waals surface area contributed by atoms with Gasteiger partial charge < -0.3 is 19.7 Å². The molecule has 1 unspecified atom stereocenters. The highest BCUT2D eigenvalue weighted by molar-refractivity contribution is 6.37. The van der Waals surface area contributed by atoms with Crippen molar-refractivity contribution in [2.75, 3.05) is 25.6 Å². The molecule has 1 aromatic heterocycles. The molecule has 8 heteroatoms. The van der Waals surface area contributed by atoms with Crippen molar-refractivity contribution >= 4 is 28.9 Å². The van der Waals surface area contributed by atoms with Gasteiger partial charge in [-0.2, -0.15) is 4.98 Å². The summed E-state index contributed by atoms with van der Waals surface area (Å²) in [5.74, 6) is 0.659. The van der Waals surface area contributed by atoms with Crippen LogP contribution in [-0.2, 0) is 9.47 Å². The van der Waals surface area contributed by atoms with Gasteiger partial charge in [-0.3, -0.25) is 0 Å². The van der Waals surface area contributed by atoms with Crippen molar-refractivity contribution < 1.29 is 14.0 Å². The Morgan fingerprint density at radius 1 is 1.25 bits per heavy atom. The van der Waals surface area contributed by atoms with Gasteiger partial charge in [-0.05, 0) is 12.1 Å². The number of nitrogens with zero attached hydrogens (tertiary/aromatic N) is 2. The number of anilines is 1. The van der Waals surface area contributed by atoms with Crippen LogP contribution in [0.1, 0.15) is 11.9 Å². The first-order chi connectivity index (χ1) is 9.65. The second-order valence-corrected chi connectivity index (χ2v) is 5.08. The molecule has 1 aliphatic rings. The predicted octanol–water partition coefficient (Wildman–Crippen LogP) is 2.71. The van der Waals surface area contributed by atoms with Gasteiger partial charge in [0, 0.05) is 5.02 Å². The average molecular weight is 316 g/mol. The number of nitrogen functional groups attached to an aromatic ring is 1. The lowest BCUT2D eigenvalue weighted by atomic mass is 10.2. The van der Waals surface area contributed by atoms with Crippen LogP contribution in [0.4, 0.5) is 5.69 Å². The Morgan fingerprint density at radius 2 is 2.10 bits per heavy atom. The van der Waals surface area contributed by atoms with E-state index in [0.29, 0.717) is 46.9 Å². The molecule has 0 saturated carbocycles. The van der Waals surface area contributed by atoms with Crippen molar-refractivity contribution in [3.05, 3.63) is 28.0 Å². The lowest BCUT2D eigenvalue weighted by Gasteiger charge is -2.19. The highest BCUT2D eigenvalue weighted by atomic mass is 35.5. The summed E-state index contributed by atoms with van der Waals surface area (Å²) >= 11 is 11.9. The Kier molecular flexibility index (Phi) is 3.80. The number of nitrogens with two attached hydrogens (primary N) is 1. The quantitative estimate of drug-likeness (QED) is 0.858. The first-order valence-corrected chi connectivity index (χ1v) is 6.68. The van der Waals surface area contributed by atoms with E-state index >= 15 is 0 Å². The zero-order valence-electron chi connectivity index (χ0n) is 10.3. The number of halogens is 2. The van der Waals surface area contributed by atoms with Crippen LogP contribution in [0.5, 0.6) is 0 Å². The van der Waals surface area contributed by atoms with Crippen LogP contribution >= 0.6 is 23.2 Å². The molecule has 1 atom stereocenters. The van der Waals surface area contributed by atoms with Crippen molar-refractivity contribution in [1.82, 2.24) is 10.1 Å². The Morgan fingerprint density at radius 3 is 2.85 bits per heavy atom. The first-order valence-electron chi connectivity index (χ1n) is 5.93. The van der Waals surface area contributed by atoms with Crippen LogP contribution in [-0.4, -0.2) is 30.0 Å². The highest BCUT2D eigenvalue weighted by Crippen LogP contribution is 2.34. The Balaban J connectivity index is 1.93. The van der Waals surface area contributed by atoms with E-state index in [-0.39, 0.29) is 12.0 Å². The molecule has 1 saturated heterocycles. The van der Waals surface area contributed by atoms with Gasteiger partial charge in [0.15, 0.2) is 0 Å².